The molecule has 0 radical (unpaired) electrons. The summed E-state index contributed by atoms with van der Waals surface area (Å²) in [6.07, 6.45) is 3.94. The highest BCUT2D eigenvalue weighted by Crippen LogP contribution is 2.30. The van der Waals surface area contributed by atoms with Crippen LogP contribution in [0.5, 0.6) is 23.0 Å². The average molecular weight is 462 g/mol. The third kappa shape index (κ3) is 6.78. The molecule has 3 aromatic carbocycles. The van der Waals surface area contributed by atoms with E-state index < -0.39 is 0 Å². The van der Waals surface area contributed by atoms with Crippen molar-refractivity contribution in [2.24, 2.45) is 0 Å². The lowest BCUT2D eigenvalue weighted by Gasteiger charge is -2.12. The van der Waals surface area contributed by atoms with Crippen LogP contribution in [0, 0.1) is 6.92 Å². The lowest BCUT2D eigenvalue weighted by molar-refractivity contribution is -0.116. The number of rotatable bonds is 11. The summed E-state index contributed by atoms with van der Waals surface area (Å²) in [7, 11) is 4.81. The van der Waals surface area contributed by atoms with Crippen molar-refractivity contribution in [2.45, 2.75) is 20.0 Å². The Bertz CT molecular complexity index is 1140. The van der Waals surface area contributed by atoms with Gasteiger partial charge in [-0.15, -0.1) is 0 Å². The first-order valence-electron chi connectivity index (χ1n) is 11.1. The molecule has 3 rings (SSSR count). The fourth-order valence-electron chi connectivity index (χ4n) is 3.43. The molecule has 0 atom stereocenters. The molecule has 178 valence electrons. The first-order valence-corrected chi connectivity index (χ1v) is 11.1. The molecule has 6 heteroatoms. The second-order valence-electron chi connectivity index (χ2n) is 7.69. The summed E-state index contributed by atoms with van der Waals surface area (Å²) in [5, 5.41) is 2.90. The predicted molar refractivity (Wildman–Crippen MR) is 134 cm³/mol. The van der Waals surface area contributed by atoms with Gasteiger partial charge in [0.05, 0.1) is 21.3 Å². The summed E-state index contributed by atoms with van der Waals surface area (Å²) in [4.78, 5) is 12.2. The first kappa shape index (κ1) is 24.7. The van der Waals surface area contributed by atoms with E-state index in [2.05, 4.69) is 18.3 Å². The molecule has 0 aliphatic rings. The van der Waals surface area contributed by atoms with Crippen LogP contribution in [-0.2, 0) is 17.8 Å². The number of hydrogen-bond acceptors (Lipinski definition) is 5. The van der Waals surface area contributed by atoms with Crippen LogP contribution in [0.3, 0.4) is 0 Å². The number of amides is 1. The lowest BCUT2D eigenvalue weighted by atomic mass is 10.1. The van der Waals surface area contributed by atoms with E-state index in [9.17, 15) is 4.79 Å². The zero-order valence-corrected chi connectivity index (χ0v) is 20.1. The molecule has 3 aromatic rings. The zero-order valence-electron chi connectivity index (χ0n) is 20.1. The number of ether oxygens (including phenoxy) is 4. The Morgan fingerprint density at radius 1 is 0.853 bits per heavy atom. The minimum absolute atomic E-state index is 0.167. The molecule has 0 heterocycles. The Morgan fingerprint density at radius 3 is 2.29 bits per heavy atom. The molecule has 1 amide bonds. The molecule has 0 aliphatic carbocycles. The Labute approximate surface area is 201 Å². The number of nitrogens with one attached hydrogen (secondary N) is 1. The van der Waals surface area contributed by atoms with Gasteiger partial charge in [-0.1, -0.05) is 36.4 Å². The number of carbonyl (C=O) groups excluding carboxylic acids is 1. The van der Waals surface area contributed by atoms with Crippen LogP contribution in [0.1, 0.15) is 22.3 Å². The molecule has 0 saturated heterocycles. The molecule has 0 unspecified atom stereocenters. The van der Waals surface area contributed by atoms with E-state index in [0.717, 1.165) is 16.7 Å². The van der Waals surface area contributed by atoms with Crippen molar-refractivity contribution in [3.05, 3.63) is 89.0 Å². The molecule has 1 N–H and O–H groups in total. The number of hydrogen-bond donors (Lipinski definition) is 1. The zero-order chi connectivity index (χ0) is 24.3. The molecule has 0 fully saturated rings. The maximum atomic E-state index is 12.2. The van der Waals surface area contributed by atoms with Gasteiger partial charge in [0.15, 0.2) is 23.0 Å². The van der Waals surface area contributed by atoms with Crippen LogP contribution >= 0.6 is 0 Å². The summed E-state index contributed by atoms with van der Waals surface area (Å²) in [6, 6.07) is 19.4. The van der Waals surface area contributed by atoms with Gasteiger partial charge in [0.25, 0.3) is 0 Å². The van der Waals surface area contributed by atoms with E-state index in [1.807, 2.05) is 54.6 Å². The van der Waals surface area contributed by atoms with Crippen molar-refractivity contribution in [3.63, 3.8) is 0 Å². The van der Waals surface area contributed by atoms with Crippen molar-refractivity contribution in [1.29, 1.82) is 0 Å². The van der Waals surface area contributed by atoms with Crippen molar-refractivity contribution in [3.8, 4) is 23.0 Å². The van der Waals surface area contributed by atoms with Crippen LogP contribution in [0.2, 0.25) is 0 Å². The van der Waals surface area contributed by atoms with Gasteiger partial charge in [-0.25, -0.2) is 0 Å². The smallest absolute Gasteiger partial charge is 0.244 e. The summed E-state index contributed by atoms with van der Waals surface area (Å²) in [6.45, 7) is 3.02. The van der Waals surface area contributed by atoms with Crippen molar-refractivity contribution < 1.29 is 23.7 Å². The van der Waals surface area contributed by atoms with E-state index in [1.165, 1.54) is 11.6 Å². The molecule has 0 saturated carbocycles. The molecule has 34 heavy (non-hydrogen) atoms. The molecular formula is C28H31NO5. The summed E-state index contributed by atoms with van der Waals surface area (Å²) in [5.41, 5.74) is 4.19. The maximum absolute atomic E-state index is 12.2. The molecular weight excluding hydrogens is 430 g/mol. The molecule has 0 aromatic heterocycles. The highest BCUT2D eigenvalue weighted by atomic mass is 16.5. The maximum Gasteiger partial charge on any atom is 0.244 e. The number of methoxy groups -OCH3 is 3. The molecule has 0 spiro atoms. The van der Waals surface area contributed by atoms with Crippen LogP contribution in [0.25, 0.3) is 6.08 Å². The molecule has 0 aliphatic heterocycles. The fourth-order valence-corrected chi connectivity index (χ4v) is 3.43. The van der Waals surface area contributed by atoms with Crippen LogP contribution in [0.15, 0.2) is 66.7 Å². The number of carbonyl (C=O) groups is 1. The summed E-state index contributed by atoms with van der Waals surface area (Å²) >= 11 is 0. The van der Waals surface area contributed by atoms with Crippen LogP contribution in [0.4, 0.5) is 0 Å². The fraction of sp³-hybridized carbons (Fsp3) is 0.250. The van der Waals surface area contributed by atoms with E-state index in [1.54, 1.807) is 27.4 Å². The van der Waals surface area contributed by atoms with Crippen LogP contribution in [-0.4, -0.2) is 33.8 Å². The molecule has 0 bridgehead atoms. The highest BCUT2D eigenvalue weighted by molar-refractivity contribution is 5.91. The highest BCUT2D eigenvalue weighted by Gasteiger charge is 2.07. The Balaban J connectivity index is 1.53. The van der Waals surface area contributed by atoms with Crippen molar-refractivity contribution >= 4 is 12.0 Å². The van der Waals surface area contributed by atoms with Gasteiger partial charge < -0.3 is 24.3 Å². The summed E-state index contributed by atoms with van der Waals surface area (Å²) < 4.78 is 22.0. The minimum Gasteiger partial charge on any atom is -0.493 e. The van der Waals surface area contributed by atoms with Crippen LogP contribution < -0.4 is 24.3 Å². The Morgan fingerprint density at radius 2 is 1.56 bits per heavy atom. The van der Waals surface area contributed by atoms with Crippen molar-refractivity contribution in [1.82, 2.24) is 5.32 Å². The van der Waals surface area contributed by atoms with Gasteiger partial charge in [-0.3, -0.25) is 4.79 Å². The SMILES string of the molecule is COc1ccc(CCNC(=O)/C=C/c2ccc(OCc3ccccc3C)c(OC)c2)cc1OC. The Kier molecular flexibility index (Phi) is 8.97. The summed E-state index contributed by atoms with van der Waals surface area (Å²) in [5.74, 6) is 2.46. The third-order valence-electron chi connectivity index (χ3n) is 5.42. The largest absolute Gasteiger partial charge is 0.493 e. The topological polar surface area (TPSA) is 66.0 Å². The minimum atomic E-state index is -0.167. The predicted octanol–water partition coefficient (Wildman–Crippen LogP) is 4.97. The van der Waals surface area contributed by atoms with Gasteiger partial charge >= 0.3 is 0 Å². The van der Waals surface area contributed by atoms with E-state index in [4.69, 9.17) is 18.9 Å². The Hall–Kier alpha value is -3.93. The second-order valence-corrected chi connectivity index (χ2v) is 7.69. The standard InChI is InChI=1S/C28H31NO5/c1-20-7-5-6-8-23(20)19-34-25-13-10-21(17-27(25)33-4)11-14-28(30)29-16-15-22-9-12-24(31-2)26(18-22)32-3/h5-14,17-18H,15-16,19H2,1-4H3,(H,29,30)/b14-11+. The second kappa shape index (κ2) is 12.3. The van der Waals surface area contributed by atoms with Crippen molar-refractivity contribution in [2.75, 3.05) is 27.9 Å². The van der Waals surface area contributed by atoms with E-state index in [0.29, 0.717) is 42.6 Å². The van der Waals surface area contributed by atoms with Gasteiger partial charge in [0, 0.05) is 12.6 Å². The average Bonchev–Trinajstić information content (AvgIpc) is 2.87. The molecule has 6 nitrogen and oxygen atoms in total. The van der Waals surface area contributed by atoms with Gasteiger partial charge in [-0.2, -0.15) is 0 Å². The van der Waals surface area contributed by atoms with Gasteiger partial charge in [0.1, 0.15) is 6.61 Å². The third-order valence-corrected chi connectivity index (χ3v) is 5.42. The monoisotopic (exact) mass is 461 g/mol. The van der Waals surface area contributed by atoms with E-state index in [-0.39, 0.29) is 5.91 Å². The van der Waals surface area contributed by atoms with Gasteiger partial charge in [-0.05, 0) is 65.9 Å². The number of benzene rings is 3. The van der Waals surface area contributed by atoms with E-state index >= 15 is 0 Å². The normalized spacial score (nSPS) is 10.7. The quantitative estimate of drug-likeness (QED) is 0.409. The first-order chi connectivity index (χ1) is 16.5. The van der Waals surface area contributed by atoms with Gasteiger partial charge in [0.2, 0.25) is 5.91 Å². The number of aryl methyl sites for hydroxylation is 1. The lowest BCUT2D eigenvalue weighted by Crippen LogP contribution is -2.23.